The van der Waals surface area contributed by atoms with E-state index in [-0.39, 0.29) is 10.3 Å². The lowest BCUT2D eigenvalue weighted by atomic mass is 9.93. The van der Waals surface area contributed by atoms with Crippen LogP contribution in [0.15, 0.2) is 17.3 Å². The van der Waals surface area contributed by atoms with Gasteiger partial charge in [0.1, 0.15) is 4.90 Å². The van der Waals surface area contributed by atoms with Crippen molar-refractivity contribution in [3.63, 3.8) is 0 Å². The fraction of sp³-hybridized carbons (Fsp3) is 0.700. The van der Waals surface area contributed by atoms with Crippen LogP contribution in [0.4, 0.5) is 0 Å². The molecule has 0 spiro atoms. The number of H-pyrrole nitrogens is 1. The Morgan fingerprint density at radius 2 is 2.25 bits per heavy atom. The van der Waals surface area contributed by atoms with Gasteiger partial charge in [0.25, 0.3) is 0 Å². The topological polar surface area (TPSA) is 74.8 Å². The van der Waals surface area contributed by atoms with Gasteiger partial charge in [0, 0.05) is 12.7 Å². The molecule has 0 atom stereocenters. The second-order valence-electron chi connectivity index (χ2n) is 4.78. The van der Waals surface area contributed by atoms with E-state index < -0.39 is 10.0 Å². The number of hydrogen-bond donors (Lipinski definition) is 2. The molecule has 1 saturated carbocycles. The molecule has 1 fully saturated rings. The number of aromatic nitrogens is 2. The van der Waals surface area contributed by atoms with Crippen molar-refractivity contribution in [2.75, 3.05) is 6.54 Å². The summed E-state index contributed by atoms with van der Waals surface area (Å²) < 4.78 is 26.3. The van der Waals surface area contributed by atoms with E-state index in [1.54, 1.807) is 0 Å². The minimum absolute atomic E-state index is 0.177. The molecule has 0 aromatic carbocycles. The molecule has 0 unspecified atom stereocenters. The van der Waals surface area contributed by atoms with Crippen LogP contribution in [0, 0.1) is 11.3 Å². The third kappa shape index (κ3) is 2.12. The molecule has 5 nitrogen and oxygen atoms in total. The van der Waals surface area contributed by atoms with E-state index in [4.69, 9.17) is 0 Å². The van der Waals surface area contributed by atoms with E-state index in [0.29, 0.717) is 12.5 Å². The summed E-state index contributed by atoms with van der Waals surface area (Å²) in [5.41, 5.74) is 0.177. The van der Waals surface area contributed by atoms with Crippen molar-refractivity contribution in [1.82, 2.24) is 14.9 Å². The average molecular weight is 243 g/mol. The molecule has 1 aliphatic carbocycles. The van der Waals surface area contributed by atoms with Crippen LogP contribution >= 0.6 is 0 Å². The third-order valence-electron chi connectivity index (χ3n) is 3.51. The molecule has 16 heavy (non-hydrogen) atoms. The maximum Gasteiger partial charge on any atom is 0.243 e. The molecule has 0 amide bonds. The van der Waals surface area contributed by atoms with Crippen LogP contribution in [-0.2, 0) is 10.0 Å². The second-order valence-corrected chi connectivity index (χ2v) is 6.54. The largest absolute Gasteiger partial charge is 0.284 e. The monoisotopic (exact) mass is 243 g/mol. The van der Waals surface area contributed by atoms with Crippen LogP contribution in [0.2, 0.25) is 0 Å². The highest BCUT2D eigenvalue weighted by atomic mass is 32.2. The number of nitrogens with zero attached hydrogens (tertiary/aromatic N) is 1. The predicted molar refractivity (Wildman–Crippen MR) is 60.3 cm³/mol. The van der Waals surface area contributed by atoms with E-state index in [1.165, 1.54) is 12.4 Å². The first-order chi connectivity index (χ1) is 7.46. The average Bonchev–Trinajstić information content (AvgIpc) is 2.80. The van der Waals surface area contributed by atoms with Gasteiger partial charge >= 0.3 is 0 Å². The van der Waals surface area contributed by atoms with Crippen molar-refractivity contribution in [3.05, 3.63) is 12.4 Å². The van der Waals surface area contributed by atoms with Gasteiger partial charge in [-0.25, -0.2) is 13.1 Å². The van der Waals surface area contributed by atoms with E-state index in [9.17, 15) is 8.42 Å². The maximum atomic E-state index is 11.8. The van der Waals surface area contributed by atoms with Gasteiger partial charge in [-0.15, -0.1) is 0 Å². The summed E-state index contributed by atoms with van der Waals surface area (Å²) in [7, 11) is -3.39. The second kappa shape index (κ2) is 3.85. The summed E-state index contributed by atoms with van der Waals surface area (Å²) >= 11 is 0. The van der Waals surface area contributed by atoms with Crippen LogP contribution in [0.25, 0.3) is 0 Å². The summed E-state index contributed by atoms with van der Waals surface area (Å²) in [5, 5.41) is 6.14. The highest BCUT2D eigenvalue weighted by Gasteiger charge is 2.45. The van der Waals surface area contributed by atoms with E-state index in [1.807, 2.05) is 0 Å². The quantitative estimate of drug-likeness (QED) is 0.814. The highest BCUT2D eigenvalue weighted by molar-refractivity contribution is 7.89. The first-order valence-corrected chi connectivity index (χ1v) is 6.93. The van der Waals surface area contributed by atoms with E-state index >= 15 is 0 Å². The molecule has 0 aliphatic heterocycles. The summed E-state index contributed by atoms with van der Waals surface area (Å²) in [6.45, 7) is 4.80. The van der Waals surface area contributed by atoms with E-state index in [0.717, 1.165) is 12.8 Å². The fourth-order valence-electron chi connectivity index (χ4n) is 1.83. The Bertz CT molecular complexity index is 446. The summed E-state index contributed by atoms with van der Waals surface area (Å²) in [4.78, 5) is 0.201. The van der Waals surface area contributed by atoms with Crippen LogP contribution in [0.3, 0.4) is 0 Å². The Kier molecular flexibility index (Phi) is 2.79. The van der Waals surface area contributed by atoms with E-state index in [2.05, 4.69) is 28.8 Å². The number of sulfonamides is 1. The molecule has 0 bridgehead atoms. The number of nitrogens with one attached hydrogen (secondary N) is 2. The molecule has 1 aromatic rings. The number of hydrogen-bond acceptors (Lipinski definition) is 3. The van der Waals surface area contributed by atoms with Gasteiger partial charge in [0.15, 0.2) is 0 Å². The number of aromatic amines is 1. The van der Waals surface area contributed by atoms with Crippen molar-refractivity contribution in [2.45, 2.75) is 31.6 Å². The molecule has 2 rings (SSSR count). The molecule has 90 valence electrons. The van der Waals surface area contributed by atoms with Gasteiger partial charge in [-0.3, -0.25) is 5.10 Å². The lowest BCUT2D eigenvalue weighted by Crippen LogP contribution is -2.32. The van der Waals surface area contributed by atoms with Gasteiger partial charge < -0.3 is 0 Å². The van der Waals surface area contributed by atoms with Gasteiger partial charge in [-0.05, 0) is 24.2 Å². The Morgan fingerprint density at radius 1 is 1.56 bits per heavy atom. The lowest BCUT2D eigenvalue weighted by Gasteiger charge is -2.19. The first-order valence-electron chi connectivity index (χ1n) is 5.45. The molecule has 0 radical (unpaired) electrons. The number of rotatable bonds is 5. The minimum atomic E-state index is -3.39. The molecule has 1 heterocycles. The Morgan fingerprint density at radius 3 is 2.69 bits per heavy atom. The van der Waals surface area contributed by atoms with Crippen molar-refractivity contribution in [2.24, 2.45) is 11.3 Å². The van der Waals surface area contributed by atoms with Gasteiger partial charge in [-0.1, -0.05) is 13.8 Å². The van der Waals surface area contributed by atoms with Crippen molar-refractivity contribution in [3.8, 4) is 0 Å². The third-order valence-corrected chi connectivity index (χ3v) is 4.88. The van der Waals surface area contributed by atoms with Crippen molar-refractivity contribution in [1.29, 1.82) is 0 Å². The molecule has 0 saturated heterocycles. The zero-order valence-electron chi connectivity index (χ0n) is 9.53. The Labute approximate surface area is 95.7 Å². The Hall–Kier alpha value is -0.880. The smallest absolute Gasteiger partial charge is 0.243 e. The minimum Gasteiger partial charge on any atom is -0.284 e. The Balaban J connectivity index is 2.01. The summed E-state index contributed by atoms with van der Waals surface area (Å²) in [6, 6.07) is 0. The SMILES string of the molecule is CC(C)C1(CNS(=O)(=O)c2cn[nH]c2)CC1. The van der Waals surface area contributed by atoms with Crippen LogP contribution < -0.4 is 4.72 Å². The summed E-state index contributed by atoms with van der Waals surface area (Å²) in [5.74, 6) is 0.513. The zero-order valence-corrected chi connectivity index (χ0v) is 10.3. The zero-order chi connectivity index (χ0) is 11.8. The maximum absolute atomic E-state index is 11.8. The fourth-order valence-corrected chi connectivity index (χ4v) is 2.87. The molecule has 1 aromatic heterocycles. The van der Waals surface area contributed by atoms with Crippen molar-refractivity contribution >= 4 is 10.0 Å². The van der Waals surface area contributed by atoms with Gasteiger partial charge in [0.2, 0.25) is 10.0 Å². The van der Waals surface area contributed by atoms with Crippen molar-refractivity contribution < 1.29 is 8.42 Å². The standard InChI is InChI=1S/C10H17N3O2S/c1-8(2)10(3-4-10)7-13-16(14,15)9-5-11-12-6-9/h5-6,8,13H,3-4,7H2,1-2H3,(H,11,12). The predicted octanol–water partition coefficient (Wildman–Crippen LogP) is 1.12. The lowest BCUT2D eigenvalue weighted by molar-refractivity contribution is 0.357. The molecular formula is C10H17N3O2S. The van der Waals surface area contributed by atoms with Gasteiger partial charge in [0.05, 0.1) is 6.20 Å². The van der Waals surface area contributed by atoms with Crippen LogP contribution in [0.5, 0.6) is 0 Å². The first kappa shape index (κ1) is 11.6. The molecule has 2 N–H and O–H groups in total. The highest BCUT2D eigenvalue weighted by Crippen LogP contribution is 2.51. The molecular weight excluding hydrogens is 226 g/mol. The molecule has 1 aliphatic rings. The normalized spacial score (nSPS) is 18.9. The summed E-state index contributed by atoms with van der Waals surface area (Å²) in [6.07, 6.45) is 4.92. The van der Waals surface area contributed by atoms with Crippen LogP contribution in [0.1, 0.15) is 26.7 Å². The molecule has 6 heteroatoms. The van der Waals surface area contributed by atoms with Crippen LogP contribution in [-0.4, -0.2) is 25.2 Å². The van der Waals surface area contributed by atoms with Gasteiger partial charge in [-0.2, -0.15) is 5.10 Å².